The van der Waals surface area contributed by atoms with Crippen LogP contribution in [-0.2, 0) is 20.7 Å². The molecule has 146 valence electrons. The molecule has 0 amide bonds. The van der Waals surface area contributed by atoms with Gasteiger partial charge in [-0.15, -0.1) is 0 Å². The fraction of sp³-hybridized carbons (Fsp3) is 0.667. The summed E-state index contributed by atoms with van der Waals surface area (Å²) < 4.78 is 11.2. The van der Waals surface area contributed by atoms with Crippen LogP contribution in [0.5, 0.6) is 0 Å². The fourth-order valence-electron chi connectivity index (χ4n) is 3.77. The molecule has 0 saturated carbocycles. The fourth-order valence-corrected chi connectivity index (χ4v) is 3.77. The molecule has 2 heterocycles. The lowest BCUT2D eigenvalue weighted by molar-refractivity contribution is -0.122. The van der Waals surface area contributed by atoms with Crippen molar-refractivity contribution in [3.8, 4) is 0 Å². The Labute approximate surface area is 157 Å². The standard InChI is InChI=1S/C20H31NO2.CH2O2/c1-2-5-18(6-3-1)7-4-8-19-9-12-21(13-10-19)14-11-20-17-22-15-16-23-20;2-1-3/h1-3,5-6,19-20H,4,7-17H2;1H,(H,2,3). The second-order valence-corrected chi connectivity index (χ2v) is 7.12. The van der Waals surface area contributed by atoms with Gasteiger partial charge in [0.1, 0.15) is 0 Å². The van der Waals surface area contributed by atoms with E-state index in [9.17, 15) is 0 Å². The minimum absolute atomic E-state index is 0.250. The number of aryl methyl sites for hydroxylation is 1. The van der Waals surface area contributed by atoms with Gasteiger partial charge in [0.05, 0.1) is 25.9 Å². The van der Waals surface area contributed by atoms with E-state index >= 15 is 0 Å². The summed E-state index contributed by atoms with van der Waals surface area (Å²) in [5.74, 6) is 0.934. The van der Waals surface area contributed by atoms with Gasteiger partial charge < -0.3 is 19.5 Å². The highest BCUT2D eigenvalue weighted by atomic mass is 16.6. The van der Waals surface area contributed by atoms with E-state index in [2.05, 4.69) is 35.2 Å². The van der Waals surface area contributed by atoms with Gasteiger partial charge in [-0.1, -0.05) is 36.8 Å². The van der Waals surface area contributed by atoms with Crippen molar-refractivity contribution in [1.29, 1.82) is 0 Å². The molecule has 1 aromatic rings. The average molecular weight is 363 g/mol. The Morgan fingerprint density at radius 3 is 2.50 bits per heavy atom. The first-order valence-electron chi connectivity index (χ1n) is 9.85. The van der Waals surface area contributed by atoms with Gasteiger partial charge in [0, 0.05) is 6.54 Å². The number of hydrogen-bond acceptors (Lipinski definition) is 4. The van der Waals surface area contributed by atoms with E-state index in [4.69, 9.17) is 19.4 Å². The summed E-state index contributed by atoms with van der Waals surface area (Å²) in [4.78, 5) is 11.0. The van der Waals surface area contributed by atoms with Crippen molar-refractivity contribution >= 4 is 6.47 Å². The predicted molar refractivity (Wildman–Crippen MR) is 102 cm³/mol. The van der Waals surface area contributed by atoms with Crippen molar-refractivity contribution in [2.24, 2.45) is 5.92 Å². The Bertz CT molecular complexity index is 468. The van der Waals surface area contributed by atoms with Crippen LogP contribution in [0.3, 0.4) is 0 Å². The van der Waals surface area contributed by atoms with Crippen LogP contribution in [-0.4, -0.2) is 62.0 Å². The molecule has 2 aliphatic heterocycles. The van der Waals surface area contributed by atoms with Crippen molar-refractivity contribution in [1.82, 2.24) is 4.90 Å². The molecule has 2 fully saturated rings. The van der Waals surface area contributed by atoms with Gasteiger partial charge in [-0.25, -0.2) is 0 Å². The maximum absolute atomic E-state index is 8.36. The highest BCUT2D eigenvalue weighted by molar-refractivity contribution is 5.32. The van der Waals surface area contributed by atoms with Crippen LogP contribution in [0.15, 0.2) is 30.3 Å². The summed E-state index contributed by atoms with van der Waals surface area (Å²) in [7, 11) is 0. The van der Waals surface area contributed by atoms with E-state index in [0.717, 1.165) is 32.2 Å². The predicted octanol–water partition coefficient (Wildman–Crippen LogP) is 3.23. The normalized spacial score (nSPS) is 21.6. The number of carboxylic acid groups (broad SMARTS) is 1. The second kappa shape index (κ2) is 12.8. The molecule has 2 aliphatic rings. The summed E-state index contributed by atoms with van der Waals surface area (Å²) in [6.07, 6.45) is 8.16. The Balaban J connectivity index is 0.000000758. The third kappa shape index (κ3) is 8.30. The molecule has 1 aromatic carbocycles. The number of hydrogen-bond donors (Lipinski definition) is 1. The maximum Gasteiger partial charge on any atom is 0.290 e. The lowest BCUT2D eigenvalue weighted by atomic mass is 9.90. The Morgan fingerprint density at radius 2 is 1.85 bits per heavy atom. The third-order valence-electron chi connectivity index (χ3n) is 5.28. The molecular formula is C21H33NO4. The van der Waals surface area contributed by atoms with Gasteiger partial charge >= 0.3 is 0 Å². The molecule has 5 nitrogen and oxygen atoms in total. The Hall–Kier alpha value is -1.43. The SMILES string of the molecule is O=CO.c1ccc(CCCC2CCN(CCC3COCCO3)CC2)cc1. The number of benzene rings is 1. The largest absolute Gasteiger partial charge is 0.483 e. The highest BCUT2D eigenvalue weighted by Crippen LogP contribution is 2.23. The van der Waals surface area contributed by atoms with Crippen LogP contribution in [0.4, 0.5) is 0 Å². The topological polar surface area (TPSA) is 59.0 Å². The minimum atomic E-state index is -0.250. The summed E-state index contributed by atoms with van der Waals surface area (Å²) in [5, 5.41) is 6.89. The summed E-state index contributed by atoms with van der Waals surface area (Å²) >= 11 is 0. The summed E-state index contributed by atoms with van der Waals surface area (Å²) in [6.45, 7) is 5.78. The molecule has 0 radical (unpaired) electrons. The summed E-state index contributed by atoms with van der Waals surface area (Å²) in [6, 6.07) is 10.9. The molecule has 2 saturated heterocycles. The number of carbonyl (C=O) groups is 1. The molecule has 3 rings (SSSR count). The smallest absolute Gasteiger partial charge is 0.290 e. The van der Waals surface area contributed by atoms with Gasteiger partial charge in [-0.05, 0) is 56.7 Å². The van der Waals surface area contributed by atoms with E-state index in [1.165, 1.54) is 57.3 Å². The van der Waals surface area contributed by atoms with Gasteiger partial charge in [0.15, 0.2) is 0 Å². The summed E-state index contributed by atoms with van der Waals surface area (Å²) in [5.41, 5.74) is 1.49. The van der Waals surface area contributed by atoms with E-state index in [1.807, 2.05) is 0 Å². The number of piperidine rings is 1. The van der Waals surface area contributed by atoms with Crippen molar-refractivity contribution in [3.63, 3.8) is 0 Å². The molecule has 0 spiro atoms. The van der Waals surface area contributed by atoms with E-state index in [-0.39, 0.29) is 6.47 Å². The molecule has 5 heteroatoms. The van der Waals surface area contributed by atoms with Gasteiger partial charge in [-0.3, -0.25) is 4.79 Å². The van der Waals surface area contributed by atoms with Gasteiger partial charge in [-0.2, -0.15) is 0 Å². The molecule has 1 unspecified atom stereocenters. The molecule has 26 heavy (non-hydrogen) atoms. The molecule has 0 aliphatic carbocycles. The number of ether oxygens (including phenoxy) is 2. The van der Waals surface area contributed by atoms with Crippen LogP contribution in [0, 0.1) is 5.92 Å². The van der Waals surface area contributed by atoms with Crippen molar-refractivity contribution < 1.29 is 19.4 Å². The van der Waals surface area contributed by atoms with Crippen LogP contribution >= 0.6 is 0 Å². The lowest BCUT2D eigenvalue weighted by Crippen LogP contribution is -2.38. The van der Waals surface area contributed by atoms with E-state index < -0.39 is 0 Å². The van der Waals surface area contributed by atoms with Crippen molar-refractivity contribution in [3.05, 3.63) is 35.9 Å². The molecule has 0 aromatic heterocycles. The van der Waals surface area contributed by atoms with Crippen LogP contribution in [0.2, 0.25) is 0 Å². The Morgan fingerprint density at radius 1 is 1.12 bits per heavy atom. The molecule has 1 atom stereocenters. The highest BCUT2D eigenvalue weighted by Gasteiger charge is 2.21. The minimum Gasteiger partial charge on any atom is -0.483 e. The van der Waals surface area contributed by atoms with Crippen LogP contribution in [0.25, 0.3) is 0 Å². The van der Waals surface area contributed by atoms with Crippen LogP contribution < -0.4 is 0 Å². The molecule has 0 bridgehead atoms. The van der Waals surface area contributed by atoms with Crippen LogP contribution in [0.1, 0.15) is 37.7 Å². The lowest BCUT2D eigenvalue weighted by Gasteiger charge is -2.33. The maximum atomic E-state index is 8.36. The zero-order chi connectivity index (χ0) is 18.5. The zero-order valence-electron chi connectivity index (χ0n) is 15.7. The molecular weight excluding hydrogens is 330 g/mol. The van der Waals surface area contributed by atoms with Gasteiger partial charge in [0.2, 0.25) is 0 Å². The van der Waals surface area contributed by atoms with E-state index in [0.29, 0.717) is 6.10 Å². The number of likely N-dealkylation sites (tertiary alicyclic amines) is 1. The number of nitrogens with zero attached hydrogens (tertiary/aromatic N) is 1. The third-order valence-corrected chi connectivity index (χ3v) is 5.28. The first kappa shape index (κ1) is 20.9. The first-order valence-corrected chi connectivity index (χ1v) is 9.85. The number of rotatable bonds is 7. The van der Waals surface area contributed by atoms with E-state index in [1.54, 1.807) is 0 Å². The monoisotopic (exact) mass is 363 g/mol. The zero-order valence-corrected chi connectivity index (χ0v) is 15.7. The van der Waals surface area contributed by atoms with Gasteiger partial charge in [0.25, 0.3) is 6.47 Å². The average Bonchev–Trinajstić information content (AvgIpc) is 2.70. The van der Waals surface area contributed by atoms with Crippen molar-refractivity contribution in [2.75, 3.05) is 39.5 Å². The quantitative estimate of drug-likeness (QED) is 0.754. The Kier molecular flexibility index (Phi) is 10.3. The van der Waals surface area contributed by atoms with Crippen molar-refractivity contribution in [2.45, 2.75) is 44.6 Å². The first-order chi connectivity index (χ1) is 12.8. The second-order valence-electron chi connectivity index (χ2n) is 7.12. The molecule has 1 N–H and O–H groups in total.